The Labute approximate surface area is 116 Å². The minimum Gasteiger partial charge on any atom is -0.478 e. The van der Waals surface area contributed by atoms with Gasteiger partial charge in [-0.15, -0.1) is 11.8 Å². The van der Waals surface area contributed by atoms with Gasteiger partial charge in [0.25, 0.3) is 0 Å². The van der Waals surface area contributed by atoms with Crippen LogP contribution >= 0.6 is 11.8 Å². The lowest BCUT2D eigenvalue weighted by atomic mass is 10.1. The van der Waals surface area contributed by atoms with Gasteiger partial charge >= 0.3 is 5.97 Å². The molecular formula is C14H17NO3S. The maximum absolute atomic E-state index is 11.8. The molecule has 1 aliphatic rings. The van der Waals surface area contributed by atoms with Crippen molar-refractivity contribution in [1.29, 1.82) is 0 Å². The summed E-state index contributed by atoms with van der Waals surface area (Å²) in [6, 6.07) is 6.80. The molecule has 0 saturated carbocycles. The highest BCUT2D eigenvalue weighted by Gasteiger charge is 2.17. The largest absolute Gasteiger partial charge is 0.478 e. The fourth-order valence-corrected chi connectivity index (χ4v) is 2.94. The van der Waals surface area contributed by atoms with Crippen molar-refractivity contribution in [2.24, 2.45) is 0 Å². The van der Waals surface area contributed by atoms with Gasteiger partial charge in [0, 0.05) is 18.8 Å². The summed E-state index contributed by atoms with van der Waals surface area (Å²) in [5.41, 5.74) is 1.34. The van der Waals surface area contributed by atoms with Gasteiger partial charge in [0.1, 0.15) is 0 Å². The van der Waals surface area contributed by atoms with Gasteiger partial charge in [-0.2, -0.15) is 0 Å². The minimum atomic E-state index is -0.914. The molecule has 1 fully saturated rings. The zero-order valence-corrected chi connectivity index (χ0v) is 11.5. The van der Waals surface area contributed by atoms with Crippen LogP contribution in [0.15, 0.2) is 24.3 Å². The lowest BCUT2D eigenvalue weighted by Crippen LogP contribution is -2.29. The van der Waals surface area contributed by atoms with Crippen molar-refractivity contribution in [2.45, 2.75) is 18.6 Å². The van der Waals surface area contributed by atoms with Crippen LogP contribution < -0.4 is 0 Å². The van der Waals surface area contributed by atoms with E-state index in [1.807, 2.05) is 4.90 Å². The number of hydrogen-bond acceptors (Lipinski definition) is 3. The van der Waals surface area contributed by atoms with Gasteiger partial charge in [-0.3, -0.25) is 4.79 Å². The smallest absolute Gasteiger partial charge is 0.335 e. The van der Waals surface area contributed by atoms with E-state index in [4.69, 9.17) is 5.11 Å². The van der Waals surface area contributed by atoms with E-state index in [1.54, 1.807) is 36.0 Å². The third kappa shape index (κ3) is 3.99. The van der Waals surface area contributed by atoms with Crippen LogP contribution in [-0.2, 0) is 10.5 Å². The number of carboxylic acid groups (broad SMARTS) is 1. The van der Waals surface area contributed by atoms with Crippen LogP contribution in [-0.4, -0.2) is 40.7 Å². The van der Waals surface area contributed by atoms with Crippen LogP contribution in [0.4, 0.5) is 0 Å². The lowest BCUT2D eigenvalue weighted by Gasteiger charge is -2.14. The van der Waals surface area contributed by atoms with Crippen molar-refractivity contribution in [1.82, 2.24) is 4.90 Å². The maximum Gasteiger partial charge on any atom is 0.335 e. The second-order valence-corrected chi connectivity index (χ2v) is 5.57. The molecule has 1 aromatic carbocycles. The van der Waals surface area contributed by atoms with Crippen molar-refractivity contribution < 1.29 is 14.7 Å². The molecule has 0 spiro atoms. The molecule has 1 amide bonds. The van der Waals surface area contributed by atoms with Crippen LogP contribution in [0, 0.1) is 0 Å². The molecule has 1 heterocycles. The van der Waals surface area contributed by atoms with Gasteiger partial charge < -0.3 is 10.0 Å². The van der Waals surface area contributed by atoms with E-state index in [1.165, 1.54) is 0 Å². The van der Waals surface area contributed by atoms with Crippen LogP contribution in [0.25, 0.3) is 0 Å². The second-order valence-electron chi connectivity index (χ2n) is 4.58. The Bertz CT molecular complexity index is 452. The van der Waals surface area contributed by atoms with E-state index in [0.29, 0.717) is 11.3 Å². The van der Waals surface area contributed by atoms with E-state index in [9.17, 15) is 9.59 Å². The summed E-state index contributed by atoms with van der Waals surface area (Å²) in [5, 5.41) is 8.79. The predicted octanol–water partition coefficient (Wildman–Crippen LogP) is 2.24. The Morgan fingerprint density at radius 2 is 1.79 bits per heavy atom. The molecular weight excluding hydrogens is 262 g/mol. The van der Waals surface area contributed by atoms with Gasteiger partial charge in [-0.05, 0) is 30.5 Å². The zero-order valence-electron chi connectivity index (χ0n) is 10.7. The van der Waals surface area contributed by atoms with Crippen molar-refractivity contribution in [3.63, 3.8) is 0 Å². The molecule has 102 valence electrons. The Balaban J connectivity index is 1.75. The first-order valence-corrected chi connectivity index (χ1v) is 7.50. The van der Waals surface area contributed by atoms with Gasteiger partial charge in [0.2, 0.25) is 5.91 Å². The number of benzene rings is 1. The number of amides is 1. The number of nitrogens with zero attached hydrogens (tertiary/aromatic N) is 1. The van der Waals surface area contributed by atoms with Crippen LogP contribution in [0.1, 0.15) is 28.8 Å². The molecule has 0 atom stereocenters. The fourth-order valence-electron chi connectivity index (χ4n) is 2.06. The molecule has 4 nitrogen and oxygen atoms in total. The van der Waals surface area contributed by atoms with Gasteiger partial charge in [-0.25, -0.2) is 4.79 Å². The Hall–Kier alpha value is -1.49. The average Bonchev–Trinajstić information content (AvgIpc) is 2.93. The Kier molecular flexibility index (Phi) is 4.85. The number of carboxylic acids is 1. The van der Waals surface area contributed by atoms with Crippen LogP contribution in [0.2, 0.25) is 0 Å². The number of hydrogen-bond donors (Lipinski definition) is 1. The standard InChI is InChI=1S/C14H17NO3S/c16-13(15-7-1-2-8-15)10-19-9-11-3-5-12(6-4-11)14(17)18/h3-6H,1-2,7-10H2,(H,17,18). The molecule has 19 heavy (non-hydrogen) atoms. The summed E-state index contributed by atoms with van der Waals surface area (Å²) in [6.45, 7) is 1.79. The number of rotatable bonds is 5. The number of likely N-dealkylation sites (tertiary alicyclic amines) is 1. The molecule has 5 heteroatoms. The topological polar surface area (TPSA) is 57.6 Å². The summed E-state index contributed by atoms with van der Waals surface area (Å²) < 4.78 is 0. The molecule has 1 aliphatic heterocycles. The highest BCUT2D eigenvalue weighted by atomic mass is 32.2. The first-order chi connectivity index (χ1) is 9.16. The molecule has 0 bridgehead atoms. The van der Waals surface area contributed by atoms with E-state index in [0.717, 1.165) is 37.2 Å². The third-order valence-corrected chi connectivity index (χ3v) is 4.14. The fraction of sp³-hybridized carbons (Fsp3) is 0.429. The zero-order chi connectivity index (χ0) is 13.7. The van der Waals surface area contributed by atoms with E-state index >= 15 is 0 Å². The lowest BCUT2D eigenvalue weighted by molar-refractivity contribution is -0.127. The first kappa shape index (κ1) is 13.9. The molecule has 0 aromatic heterocycles. The SMILES string of the molecule is O=C(O)c1ccc(CSCC(=O)N2CCCC2)cc1. The summed E-state index contributed by atoms with van der Waals surface area (Å²) in [7, 11) is 0. The van der Waals surface area contributed by atoms with Gasteiger partial charge in [-0.1, -0.05) is 12.1 Å². The molecule has 1 saturated heterocycles. The number of thioether (sulfide) groups is 1. The van der Waals surface area contributed by atoms with Gasteiger partial charge in [0.05, 0.1) is 11.3 Å². The summed E-state index contributed by atoms with van der Waals surface area (Å²) in [5.74, 6) is 0.535. The predicted molar refractivity (Wildman–Crippen MR) is 75.4 cm³/mol. The summed E-state index contributed by atoms with van der Waals surface area (Å²) >= 11 is 1.58. The van der Waals surface area contributed by atoms with Crippen molar-refractivity contribution in [3.8, 4) is 0 Å². The van der Waals surface area contributed by atoms with E-state index in [2.05, 4.69) is 0 Å². The first-order valence-electron chi connectivity index (χ1n) is 6.34. The highest BCUT2D eigenvalue weighted by molar-refractivity contribution is 7.99. The van der Waals surface area contributed by atoms with Crippen LogP contribution in [0.5, 0.6) is 0 Å². The Morgan fingerprint density at radius 1 is 1.16 bits per heavy atom. The Morgan fingerprint density at radius 3 is 2.37 bits per heavy atom. The summed E-state index contributed by atoms with van der Waals surface area (Å²) in [6.07, 6.45) is 2.24. The van der Waals surface area contributed by atoms with Crippen molar-refractivity contribution in [2.75, 3.05) is 18.8 Å². The molecule has 0 unspecified atom stereocenters. The molecule has 2 rings (SSSR count). The quantitative estimate of drug-likeness (QED) is 0.898. The number of carbonyl (C=O) groups excluding carboxylic acids is 1. The normalized spacial score (nSPS) is 14.6. The van der Waals surface area contributed by atoms with Crippen molar-refractivity contribution in [3.05, 3.63) is 35.4 Å². The second kappa shape index (κ2) is 6.61. The molecule has 1 N–H and O–H groups in total. The molecule has 0 aliphatic carbocycles. The molecule has 1 aromatic rings. The minimum absolute atomic E-state index is 0.213. The summed E-state index contributed by atoms with van der Waals surface area (Å²) in [4.78, 5) is 24.4. The number of carbonyl (C=O) groups is 2. The van der Waals surface area contributed by atoms with E-state index < -0.39 is 5.97 Å². The van der Waals surface area contributed by atoms with Crippen molar-refractivity contribution >= 4 is 23.6 Å². The monoisotopic (exact) mass is 279 g/mol. The number of aromatic carboxylic acids is 1. The van der Waals surface area contributed by atoms with Gasteiger partial charge in [0.15, 0.2) is 0 Å². The molecule has 0 radical (unpaired) electrons. The average molecular weight is 279 g/mol. The maximum atomic E-state index is 11.8. The van der Waals surface area contributed by atoms with Crippen LogP contribution in [0.3, 0.4) is 0 Å². The van der Waals surface area contributed by atoms with E-state index in [-0.39, 0.29) is 5.91 Å². The highest BCUT2D eigenvalue weighted by Crippen LogP contribution is 2.15. The third-order valence-electron chi connectivity index (χ3n) is 3.15.